The average Bonchev–Trinajstić information content (AvgIpc) is 3.25. The third kappa shape index (κ3) is 4.07. The fourth-order valence-corrected chi connectivity index (χ4v) is 3.48. The van der Waals surface area contributed by atoms with E-state index in [4.69, 9.17) is 4.74 Å². The molecule has 1 N–H and O–H groups in total. The molecule has 7 nitrogen and oxygen atoms in total. The number of nitrogens with one attached hydrogen (secondary N) is 1. The summed E-state index contributed by atoms with van der Waals surface area (Å²) >= 11 is 1.45. The number of nitrogens with zero attached hydrogens (tertiary/aromatic N) is 2. The molecule has 1 atom stereocenters. The van der Waals surface area contributed by atoms with Gasteiger partial charge in [0.2, 0.25) is 0 Å². The van der Waals surface area contributed by atoms with E-state index >= 15 is 0 Å². The highest BCUT2D eigenvalue weighted by atomic mass is 32.1. The number of ether oxygens (including phenoxy) is 1. The summed E-state index contributed by atoms with van der Waals surface area (Å²) in [7, 11) is 1.74. The van der Waals surface area contributed by atoms with Gasteiger partial charge < -0.3 is 10.1 Å². The maximum absolute atomic E-state index is 12.8. The molecule has 0 saturated heterocycles. The molecule has 0 radical (unpaired) electrons. The number of hydrogen-bond donors (Lipinski definition) is 1. The van der Waals surface area contributed by atoms with E-state index < -0.39 is 18.0 Å². The lowest BCUT2D eigenvalue weighted by molar-refractivity contribution is -0.152. The Kier molecular flexibility index (Phi) is 5.79. The van der Waals surface area contributed by atoms with Gasteiger partial charge in [0.15, 0.2) is 6.10 Å². The van der Waals surface area contributed by atoms with Crippen LogP contribution in [0.1, 0.15) is 17.5 Å². The molecule has 0 aliphatic rings. The summed E-state index contributed by atoms with van der Waals surface area (Å²) in [5.74, 6) is -1.04. The van der Waals surface area contributed by atoms with Crippen LogP contribution in [0, 0.1) is 6.92 Å². The first kappa shape index (κ1) is 19.6. The molecule has 0 unspecified atom stereocenters. The van der Waals surface area contributed by atoms with Crippen LogP contribution >= 0.6 is 11.3 Å². The minimum absolute atomic E-state index is 0.112. The number of hydrogen-bond acceptors (Lipinski definition) is 5. The molecule has 146 valence electrons. The second kappa shape index (κ2) is 8.26. The molecule has 0 aliphatic carbocycles. The highest BCUT2D eigenvalue weighted by Gasteiger charge is 2.23. The van der Waals surface area contributed by atoms with E-state index in [9.17, 15) is 14.4 Å². The van der Waals surface area contributed by atoms with E-state index in [2.05, 4.69) is 5.32 Å². The Morgan fingerprint density at radius 2 is 1.89 bits per heavy atom. The summed E-state index contributed by atoms with van der Waals surface area (Å²) in [6, 6.07) is 12.8. The summed E-state index contributed by atoms with van der Waals surface area (Å²) in [4.78, 5) is 38.1. The minimum atomic E-state index is -1.02. The average molecular weight is 399 g/mol. The third-order valence-corrected chi connectivity index (χ3v) is 5.25. The van der Waals surface area contributed by atoms with Crippen molar-refractivity contribution in [3.8, 4) is 5.69 Å². The smallest absolute Gasteiger partial charge is 0.311 e. The summed E-state index contributed by atoms with van der Waals surface area (Å²) in [6.45, 7) is 3.22. The summed E-state index contributed by atoms with van der Waals surface area (Å²) in [5, 5.41) is 4.48. The van der Waals surface area contributed by atoms with Gasteiger partial charge in [-0.1, -0.05) is 24.3 Å². The minimum Gasteiger partial charge on any atom is -0.452 e. The Labute approximate surface area is 166 Å². The zero-order valence-corrected chi connectivity index (χ0v) is 16.7. The van der Waals surface area contributed by atoms with Gasteiger partial charge in [0.25, 0.3) is 11.5 Å². The fourth-order valence-electron chi connectivity index (χ4n) is 2.78. The van der Waals surface area contributed by atoms with Crippen LogP contribution in [0.4, 0.5) is 5.69 Å². The van der Waals surface area contributed by atoms with Crippen LogP contribution in [-0.2, 0) is 27.8 Å². The van der Waals surface area contributed by atoms with Crippen molar-refractivity contribution in [2.45, 2.75) is 26.4 Å². The van der Waals surface area contributed by atoms with E-state index in [0.29, 0.717) is 11.4 Å². The SMILES string of the molecule is Cc1c(NC(=O)[C@H](C)OC(=O)Cc2cccs2)c(=O)n(-c2ccccc2)n1C. The van der Waals surface area contributed by atoms with Gasteiger partial charge in [-0.05, 0) is 37.4 Å². The van der Waals surface area contributed by atoms with Gasteiger partial charge >= 0.3 is 5.97 Å². The first-order valence-corrected chi connectivity index (χ1v) is 9.63. The van der Waals surface area contributed by atoms with Gasteiger partial charge in [-0.2, -0.15) is 0 Å². The van der Waals surface area contributed by atoms with E-state index in [1.54, 1.807) is 30.8 Å². The van der Waals surface area contributed by atoms with Crippen LogP contribution in [-0.4, -0.2) is 27.3 Å². The van der Waals surface area contributed by atoms with Crippen molar-refractivity contribution in [3.05, 3.63) is 68.8 Å². The van der Waals surface area contributed by atoms with Crippen molar-refractivity contribution in [3.63, 3.8) is 0 Å². The summed E-state index contributed by atoms with van der Waals surface area (Å²) in [6.07, 6.45) is -0.905. The molecule has 0 spiro atoms. The van der Waals surface area contributed by atoms with Crippen molar-refractivity contribution in [2.75, 3.05) is 5.32 Å². The predicted molar refractivity (Wildman–Crippen MR) is 108 cm³/mol. The number of carbonyl (C=O) groups excluding carboxylic acids is 2. The number of amides is 1. The first-order valence-electron chi connectivity index (χ1n) is 8.75. The van der Waals surface area contributed by atoms with Crippen molar-refractivity contribution < 1.29 is 14.3 Å². The van der Waals surface area contributed by atoms with Crippen LogP contribution < -0.4 is 10.9 Å². The maximum Gasteiger partial charge on any atom is 0.311 e. The van der Waals surface area contributed by atoms with Gasteiger partial charge in [-0.25, -0.2) is 4.68 Å². The summed E-state index contributed by atoms with van der Waals surface area (Å²) in [5.41, 5.74) is 1.10. The van der Waals surface area contributed by atoms with Gasteiger partial charge in [0, 0.05) is 11.9 Å². The van der Waals surface area contributed by atoms with Crippen LogP contribution in [0.15, 0.2) is 52.6 Å². The van der Waals surface area contributed by atoms with E-state index in [1.807, 2.05) is 35.7 Å². The molecule has 1 aromatic carbocycles. The van der Waals surface area contributed by atoms with Crippen molar-refractivity contribution >= 4 is 28.9 Å². The fraction of sp³-hybridized carbons (Fsp3) is 0.250. The van der Waals surface area contributed by atoms with E-state index in [-0.39, 0.29) is 17.7 Å². The zero-order valence-electron chi connectivity index (χ0n) is 15.8. The van der Waals surface area contributed by atoms with Gasteiger partial charge in [-0.15, -0.1) is 11.3 Å². The quantitative estimate of drug-likeness (QED) is 0.646. The lowest BCUT2D eigenvalue weighted by Crippen LogP contribution is -2.32. The molecule has 0 saturated carbocycles. The maximum atomic E-state index is 12.8. The number of benzene rings is 1. The molecule has 1 amide bonds. The molecular formula is C20H21N3O4S. The largest absolute Gasteiger partial charge is 0.452 e. The number of esters is 1. The van der Waals surface area contributed by atoms with Crippen molar-refractivity contribution in [1.29, 1.82) is 0 Å². The topological polar surface area (TPSA) is 82.3 Å². The van der Waals surface area contributed by atoms with E-state index in [1.165, 1.54) is 22.9 Å². The Bertz CT molecular complexity index is 1040. The second-order valence-corrected chi connectivity index (χ2v) is 7.35. The van der Waals surface area contributed by atoms with Crippen LogP contribution in [0.25, 0.3) is 5.69 Å². The molecule has 2 aromatic heterocycles. The molecule has 0 aliphatic heterocycles. The standard InChI is InChI=1S/C20H21N3O4S/c1-13-18(20(26)23(22(13)3)15-8-5-4-6-9-15)21-19(25)14(2)27-17(24)12-16-10-7-11-28-16/h4-11,14H,12H2,1-3H3,(H,21,25)/t14-/m0/s1. The van der Waals surface area contributed by atoms with Gasteiger partial charge in [-0.3, -0.25) is 19.1 Å². The van der Waals surface area contributed by atoms with Crippen LogP contribution in [0.5, 0.6) is 0 Å². The number of anilines is 1. The Morgan fingerprint density at radius 3 is 2.54 bits per heavy atom. The Hall–Kier alpha value is -3.13. The number of thiophene rings is 1. The van der Waals surface area contributed by atoms with Gasteiger partial charge in [0.1, 0.15) is 5.69 Å². The molecule has 28 heavy (non-hydrogen) atoms. The van der Waals surface area contributed by atoms with Crippen molar-refractivity contribution in [1.82, 2.24) is 9.36 Å². The Morgan fingerprint density at radius 1 is 1.18 bits per heavy atom. The molecule has 3 aromatic rings. The molecular weight excluding hydrogens is 378 g/mol. The molecule has 3 rings (SSSR count). The highest BCUT2D eigenvalue weighted by Crippen LogP contribution is 2.15. The number of carbonyl (C=O) groups is 2. The third-order valence-electron chi connectivity index (χ3n) is 4.38. The molecule has 2 heterocycles. The van der Waals surface area contributed by atoms with Crippen LogP contribution in [0.3, 0.4) is 0 Å². The van der Waals surface area contributed by atoms with Gasteiger partial charge in [0.05, 0.1) is 17.8 Å². The number of rotatable bonds is 6. The number of aromatic nitrogens is 2. The zero-order chi connectivity index (χ0) is 20.3. The lowest BCUT2D eigenvalue weighted by atomic mass is 10.3. The highest BCUT2D eigenvalue weighted by molar-refractivity contribution is 7.10. The lowest BCUT2D eigenvalue weighted by Gasteiger charge is -2.12. The van der Waals surface area contributed by atoms with Crippen LogP contribution in [0.2, 0.25) is 0 Å². The Balaban J connectivity index is 1.73. The molecule has 0 bridgehead atoms. The molecule has 8 heteroatoms. The monoisotopic (exact) mass is 399 g/mol. The number of para-hydroxylation sites is 1. The molecule has 0 fully saturated rings. The van der Waals surface area contributed by atoms with E-state index in [0.717, 1.165) is 4.88 Å². The second-order valence-electron chi connectivity index (χ2n) is 6.31. The normalized spacial score (nSPS) is 11.8. The predicted octanol–water partition coefficient (Wildman–Crippen LogP) is 2.66. The van der Waals surface area contributed by atoms with Crippen molar-refractivity contribution in [2.24, 2.45) is 7.05 Å². The first-order chi connectivity index (χ1) is 13.4. The summed E-state index contributed by atoms with van der Waals surface area (Å²) < 4.78 is 8.34.